The Bertz CT molecular complexity index is 815. The highest BCUT2D eigenvalue weighted by atomic mass is 32.2. The third-order valence-corrected chi connectivity index (χ3v) is 4.89. The molecule has 0 radical (unpaired) electrons. The number of hydrogen-bond acceptors (Lipinski definition) is 5. The summed E-state index contributed by atoms with van der Waals surface area (Å²) in [7, 11) is 0. The maximum absolute atomic E-state index is 12.0. The minimum absolute atomic E-state index is 0.0846. The van der Waals surface area contributed by atoms with Gasteiger partial charge in [-0.2, -0.15) is 0 Å². The summed E-state index contributed by atoms with van der Waals surface area (Å²) in [6.07, 6.45) is 5.23. The summed E-state index contributed by atoms with van der Waals surface area (Å²) in [6, 6.07) is 13.2. The molecule has 1 heterocycles. The van der Waals surface area contributed by atoms with Crippen LogP contribution in [0.2, 0.25) is 0 Å². The van der Waals surface area contributed by atoms with Gasteiger partial charge >= 0.3 is 0 Å². The molecule has 3 rings (SSSR count). The lowest BCUT2D eigenvalue weighted by Gasteiger charge is -2.24. The molecule has 1 aliphatic heterocycles. The molecule has 2 aromatic carbocycles. The Morgan fingerprint density at radius 2 is 1.96 bits per heavy atom. The number of carbonyl (C=O) groups is 1. The molecule has 0 aliphatic carbocycles. The van der Waals surface area contributed by atoms with Gasteiger partial charge in [-0.25, -0.2) is 0 Å². The van der Waals surface area contributed by atoms with Gasteiger partial charge in [-0.1, -0.05) is 18.2 Å². The molecular weight excluding hydrogens is 350 g/mol. The molecule has 1 unspecified atom stereocenters. The summed E-state index contributed by atoms with van der Waals surface area (Å²) in [6.45, 7) is 1.91. The molecular formula is C20H21NO4S. The van der Waals surface area contributed by atoms with E-state index in [2.05, 4.69) is 5.32 Å². The fourth-order valence-electron chi connectivity index (χ4n) is 2.54. The quantitative estimate of drug-likeness (QED) is 0.603. The normalized spacial score (nSPS) is 15.0. The molecule has 1 amide bonds. The first kappa shape index (κ1) is 18.4. The molecule has 6 heteroatoms. The first-order valence-electron chi connectivity index (χ1n) is 8.20. The lowest BCUT2D eigenvalue weighted by molar-refractivity contribution is -0.117. The largest absolute Gasteiger partial charge is 0.454 e. The van der Waals surface area contributed by atoms with Crippen LogP contribution in [0, 0.1) is 0 Å². The van der Waals surface area contributed by atoms with E-state index < -0.39 is 5.60 Å². The Morgan fingerprint density at radius 1 is 1.23 bits per heavy atom. The maximum atomic E-state index is 12.0. The van der Waals surface area contributed by atoms with Crippen LogP contribution in [-0.4, -0.2) is 30.6 Å². The van der Waals surface area contributed by atoms with Crippen LogP contribution in [-0.2, 0) is 10.4 Å². The number of thioether (sulfide) groups is 1. The summed E-state index contributed by atoms with van der Waals surface area (Å²) in [4.78, 5) is 13.2. The molecule has 0 bridgehead atoms. The van der Waals surface area contributed by atoms with Crippen LogP contribution in [0.1, 0.15) is 18.1 Å². The molecule has 1 aliphatic rings. The van der Waals surface area contributed by atoms with Crippen LogP contribution in [0.5, 0.6) is 11.5 Å². The van der Waals surface area contributed by atoms with Gasteiger partial charge in [-0.05, 0) is 54.6 Å². The van der Waals surface area contributed by atoms with Crippen molar-refractivity contribution in [3.05, 3.63) is 59.7 Å². The van der Waals surface area contributed by atoms with Crippen molar-refractivity contribution in [2.75, 3.05) is 19.6 Å². The van der Waals surface area contributed by atoms with E-state index in [1.54, 1.807) is 43.0 Å². The fourth-order valence-corrected chi connectivity index (χ4v) is 2.95. The van der Waals surface area contributed by atoms with Crippen molar-refractivity contribution >= 4 is 23.7 Å². The van der Waals surface area contributed by atoms with E-state index in [-0.39, 0.29) is 19.2 Å². The molecule has 1 atom stereocenters. The maximum Gasteiger partial charge on any atom is 0.244 e. The van der Waals surface area contributed by atoms with E-state index in [1.807, 2.05) is 30.5 Å². The number of amides is 1. The number of nitrogens with one attached hydrogen (secondary N) is 1. The highest BCUT2D eigenvalue weighted by Gasteiger charge is 2.26. The molecule has 5 nitrogen and oxygen atoms in total. The lowest BCUT2D eigenvalue weighted by atomic mass is 9.95. The number of hydrogen-bond donors (Lipinski definition) is 2. The molecule has 0 saturated heterocycles. The average Bonchev–Trinajstić information content (AvgIpc) is 3.13. The summed E-state index contributed by atoms with van der Waals surface area (Å²) >= 11 is 1.67. The standard InChI is InChI=1S/C20H21NO4S/c1-20(23,15-6-9-17-18(11-15)25-13-24-17)12-21-19(22)10-5-14-3-7-16(26-2)8-4-14/h3-11,23H,12-13H2,1-2H3,(H,21,22). The van der Waals surface area contributed by atoms with Gasteiger partial charge in [0.1, 0.15) is 5.60 Å². The summed E-state index contributed by atoms with van der Waals surface area (Å²) in [5, 5.41) is 13.4. The molecule has 2 aromatic rings. The van der Waals surface area contributed by atoms with Crippen molar-refractivity contribution in [1.29, 1.82) is 0 Å². The highest BCUT2D eigenvalue weighted by Crippen LogP contribution is 2.35. The first-order chi connectivity index (χ1) is 12.5. The molecule has 0 fully saturated rings. The predicted molar refractivity (Wildman–Crippen MR) is 102 cm³/mol. The fraction of sp³-hybridized carbons (Fsp3) is 0.250. The van der Waals surface area contributed by atoms with Crippen LogP contribution in [0.3, 0.4) is 0 Å². The van der Waals surface area contributed by atoms with Crippen LogP contribution >= 0.6 is 11.8 Å². The number of aliphatic hydroxyl groups is 1. The van der Waals surface area contributed by atoms with Crippen molar-refractivity contribution in [2.45, 2.75) is 17.4 Å². The number of rotatable bonds is 6. The molecule has 0 spiro atoms. The minimum atomic E-state index is -1.22. The van der Waals surface area contributed by atoms with Crippen molar-refractivity contribution in [2.24, 2.45) is 0 Å². The Labute approximate surface area is 157 Å². The zero-order valence-electron chi connectivity index (χ0n) is 14.7. The van der Waals surface area contributed by atoms with Crippen LogP contribution in [0.25, 0.3) is 6.08 Å². The van der Waals surface area contributed by atoms with Crippen molar-refractivity contribution in [3.8, 4) is 11.5 Å². The minimum Gasteiger partial charge on any atom is -0.454 e. The van der Waals surface area contributed by atoms with Gasteiger partial charge in [0, 0.05) is 11.0 Å². The zero-order valence-corrected chi connectivity index (χ0v) is 15.5. The monoisotopic (exact) mass is 371 g/mol. The van der Waals surface area contributed by atoms with E-state index in [0.29, 0.717) is 17.1 Å². The first-order valence-corrected chi connectivity index (χ1v) is 9.43. The summed E-state index contributed by atoms with van der Waals surface area (Å²) in [5.74, 6) is 0.992. The van der Waals surface area contributed by atoms with Crippen molar-refractivity contribution in [1.82, 2.24) is 5.32 Å². The van der Waals surface area contributed by atoms with E-state index in [0.717, 1.165) is 5.56 Å². The van der Waals surface area contributed by atoms with Gasteiger partial charge in [0.15, 0.2) is 11.5 Å². The van der Waals surface area contributed by atoms with Crippen LogP contribution < -0.4 is 14.8 Å². The number of fused-ring (bicyclic) bond motifs is 1. The van der Waals surface area contributed by atoms with Crippen LogP contribution in [0.15, 0.2) is 53.4 Å². The van der Waals surface area contributed by atoms with Gasteiger partial charge in [0.2, 0.25) is 12.7 Å². The smallest absolute Gasteiger partial charge is 0.244 e. The van der Waals surface area contributed by atoms with Gasteiger partial charge < -0.3 is 19.9 Å². The zero-order chi connectivity index (χ0) is 18.6. The SMILES string of the molecule is CSc1ccc(C=CC(=O)NCC(C)(O)c2ccc3c(c2)OCO3)cc1. The second kappa shape index (κ2) is 7.85. The third-order valence-electron chi connectivity index (χ3n) is 4.14. The average molecular weight is 371 g/mol. The van der Waals surface area contributed by atoms with Gasteiger partial charge in [-0.15, -0.1) is 11.8 Å². The number of ether oxygens (including phenoxy) is 2. The summed E-state index contributed by atoms with van der Waals surface area (Å²) in [5.41, 5.74) is 0.379. The predicted octanol–water partition coefficient (Wildman–Crippen LogP) is 3.17. The van der Waals surface area contributed by atoms with Crippen molar-refractivity contribution < 1.29 is 19.4 Å². The Balaban J connectivity index is 1.58. The Kier molecular flexibility index (Phi) is 5.54. The van der Waals surface area contributed by atoms with Gasteiger partial charge in [-0.3, -0.25) is 4.79 Å². The lowest BCUT2D eigenvalue weighted by Crippen LogP contribution is -2.37. The molecule has 136 valence electrons. The Hall–Kier alpha value is -2.44. The molecule has 26 heavy (non-hydrogen) atoms. The van der Waals surface area contributed by atoms with Gasteiger partial charge in [0.05, 0.1) is 6.54 Å². The second-order valence-electron chi connectivity index (χ2n) is 6.17. The number of benzene rings is 2. The van der Waals surface area contributed by atoms with Crippen molar-refractivity contribution in [3.63, 3.8) is 0 Å². The van der Waals surface area contributed by atoms with E-state index in [4.69, 9.17) is 9.47 Å². The second-order valence-corrected chi connectivity index (χ2v) is 7.05. The molecule has 0 saturated carbocycles. The van der Waals surface area contributed by atoms with E-state index in [9.17, 15) is 9.90 Å². The Morgan fingerprint density at radius 3 is 2.69 bits per heavy atom. The van der Waals surface area contributed by atoms with Gasteiger partial charge in [0.25, 0.3) is 0 Å². The highest BCUT2D eigenvalue weighted by molar-refractivity contribution is 7.98. The van der Waals surface area contributed by atoms with Crippen LogP contribution in [0.4, 0.5) is 0 Å². The van der Waals surface area contributed by atoms with E-state index in [1.165, 1.54) is 11.0 Å². The number of carbonyl (C=O) groups excluding carboxylic acids is 1. The molecule has 0 aromatic heterocycles. The molecule has 2 N–H and O–H groups in total. The third kappa shape index (κ3) is 4.39. The van der Waals surface area contributed by atoms with E-state index >= 15 is 0 Å². The topological polar surface area (TPSA) is 67.8 Å². The summed E-state index contributed by atoms with van der Waals surface area (Å²) < 4.78 is 10.6.